The standard InChI is InChI=1S/C25H19N3OS2/c1-16-21(17-10-4-2-5-11-17)22(26)23(24(29)28(16)18-12-6-3-7-13-18)31-25-27-19-14-8-9-15-20(19)30-25/h2-15H,26H2,1H3. The van der Waals surface area contributed by atoms with Crippen LogP contribution in [0, 0.1) is 6.92 Å². The average Bonchev–Trinajstić information content (AvgIpc) is 3.21. The monoisotopic (exact) mass is 441 g/mol. The highest BCUT2D eigenvalue weighted by Gasteiger charge is 2.21. The molecule has 6 heteroatoms. The molecule has 0 unspecified atom stereocenters. The van der Waals surface area contributed by atoms with Gasteiger partial charge in [-0.3, -0.25) is 9.36 Å². The van der Waals surface area contributed by atoms with E-state index in [0.717, 1.165) is 37.1 Å². The summed E-state index contributed by atoms with van der Waals surface area (Å²) < 4.78 is 3.63. The predicted molar refractivity (Wildman–Crippen MR) is 130 cm³/mol. The van der Waals surface area contributed by atoms with E-state index in [-0.39, 0.29) is 5.56 Å². The van der Waals surface area contributed by atoms with E-state index in [1.807, 2.05) is 91.9 Å². The van der Waals surface area contributed by atoms with E-state index in [9.17, 15) is 4.79 Å². The number of pyridine rings is 1. The maximum Gasteiger partial charge on any atom is 0.271 e. The lowest BCUT2D eigenvalue weighted by Crippen LogP contribution is -2.24. The van der Waals surface area contributed by atoms with Crippen molar-refractivity contribution in [2.45, 2.75) is 16.2 Å². The Kier molecular flexibility index (Phi) is 5.10. The van der Waals surface area contributed by atoms with Gasteiger partial charge in [-0.25, -0.2) is 4.98 Å². The highest BCUT2D eigenvalue weighted by molar-refractivity contribution is 8.01. The van der Waals surface area contributed by atoms with E-state index in [1.54, 1.807) is 15.9 Å². The molecule has 2 aromatic heterocycles. The molecule has 31 heavy (non-hydrogen) atoms. The van der Waals surface area contributed by atoms with Crippen LogP contribution in [-0.2, 0) is 0 Å². The molecule has 0 saturated carbocycles. The van der Waals surface area contributed by atoms with Crippen molar-refractivity contribution < 1.29 is 0 Å². The quantitative estimate of drug-likeness (QED) is 0.363. The number of rotatable bonds is 4. The molecule has 0 aliphatic heterocycles. The van der Waals surface area contributed by atoms with Crippen molar-refractivity contribution in [3.8, 4) is 16.8 Å². The molecule has 4 nitrogen and oxygen atoms in total. The van der Waals surface area contributed by atoms with Gasteiger partial charge in [0, 0.05) is 16.9 Å². The lowest BCUT2D eigenvalue weighted by Gasteiger charge is -2.19. The van der Waals surface area contributed by atoms with Gasteiger partial charge in [-0.05, 0) is 36.8 Å². The number of thiazole rings is 1. The van der Waals surface area contributed by atoms with Crippen LogP contribution in [0.5, 0.6) is 0 Å². The van der Waals surface area contributed by atoms with Crippen molar-refractivity contribution >= 4 is 39.0 Å². The van der Waals surface area contributed by atoms with Crippen LogP contribution < -0.4 is 11.3 Å². The Bertz CT molecular complexity index is 1410. The Balaban J connectivity index is 1.76. The number of fused-ring (bicyclic) bond motifs is 1. The summed E-state index contributed by atoms with van der Waals surface area (Å²) in [5.41, 5.74) is 11.4. The number of para-hydroxylation sites is 2. The fourth-order valence-electron chi connectivity index (χ4n) is 3.73. The normalized spacial score (nSPS) is 11.1. The summed E-state index contributed by atoms with van der Waals surface area (Å²) in [6.45, 7) is 1.94. The summed E-state index contributed by atoms with van der Waals surface area (Å²) >= 11 is 2.91. The average molecular weight is 442 g/mol. The second-order valence-corrected chi connectivity index (χ2v) is 9.38. The van der Waals surface area contributed by atoms with Crippen LogP contribution in [0.3, 0.4) is 0 Å². The molecule has 152 valence electrons. The number of aromatic nitrogens is 2. The molecule has 0 amide bonds. The zero-order chi connectivity index (χ0) is 21.4. The van der Waals surface area contributed by atoms with Crippen molar-refractivity contribution in [2.75, 3.05) is 5.73 Å². The number of nitrogen functional groups attached to an aromatic ring is 1. The maximum absolute atomic E-state index is 13.7. The molecule has 0 saturated heterocycles. The Morgan fingerprint density at radius 3 is 2.26 bits per heavy atom. The fourth-order valence-corrected chi connectivity index (χ4v) is 5.82. The van der Waals surface area contributed by atoms with Gasteiger partial charge >= 0.3 is 0 Å². The van der Waals surface area contributed by atoms with E-state index in [0.29, 0.717) is 10.6 Å². The Morgan fingerprint density at radius 1 is 0.903 bits per heavy atom. The van der Waals surface area contributed by atoms with E-state index < -0.39 is 0 Å². The van der Waals surface area contributed by atoms with Crippen LogP contribution >= 0.6 is 23.1 Å². The largest absolute Gasteiger partial charge is 0.397 e. The van der Waals surface area contributed by atoms with Crippen molar-refractivity contribution in [2.24, 2.45) is 0 Å². The summed E-state index contributed by atoms with van der Waals surface area (Å²) in [6, 6.07) is 27.6. The fraction of sp³-hybridized carbons (Fsp3) is 0.0400. The van der Waals surface area contributed by atoms with E-state index in [2.05, 4.69) is 0 Å². The number of nitrogens with zero attached hydrogens (tertiary/aromatic N) is 2. The Hall–Kier alpha value is -3.35. The SMILES string of the molecule is Cc1c(-c2ccccc2)c(N)c(Sc2nc3ccccc3s2)c(=O)n1-c1ccccc1. The second kappa shape index (κ2) is 8.06. The van der Waals surface area contributed by atoms with Gasteiger partial charge in [-0.1, -0.05) is 72.4 Å². The first-order chi connectivity index (χ1) is 15.1. The summed E-state index contributed by atoms with van der Waals surface area (Å²) in [6.07, 6.45) is 0. The van der Waals surface area contributed by atoms with Gasteiger partial charge < -0.3 is 5.73 Å². The van der Waals surface area contributed by atoms with Gasteiger partial charge in [0.2, 0.25) is 0 Å². The molecule has 2 N–H and O–H groups in total. The molecule has 3 aromatic carbocycles. The minimum Gasteiger partial charge on any atom is -0.397 e. The third-order valence-corrected chi connectivity index (χ3v) is 7.34. The topological polar surface area (TPSA) is 60.9 Å². The first-order valence-corrected chi connectivity index (χ1v) is 11.5. The van der Waals surface area contributed by atoms with E-state index >= 15 is 0 Å². The number of anilines is 1. The number of nitrogens with two attached hydrogens (primary N) is 1. The minimum absolute atomic E-state index is 0.134. The van der Waals surface area contributed by atoms with Crippen molar-refractivity contribution in [3.05, 3.63) is 101 Å². The number of hydrogen-bond donors (Lipinski definition) is 1. The molecule has 0 radical (unpaired) electrons. The Labute approximate surface area is 188 Å². The van der Waals surface area contributed by atoms with Gasteiger partial charge in [-0.2, -0.15) is 0 Å². The molecule has 5 aromatic rings. The highest BCUT2D eigenvalue weighted by atomic mass is 32.2. The summed E-state index contributed by atoms with van der Waals surface area (Å²) in [5, 5.41) is 0. The highest BCUT2D eigenvalue weighted by Crippen LogP contribution is 2.40. The minimum atomic E-state index is -0.134. The van der Waals surface area contributed by atoms with Gasteiger partial charge in [0.25, 0.3) is 5.56 Å². The van der Waals surface area contributed by atoms with Crippen molar-refractivity contribution in [1.29, 1.82) is 0 Å². The summed E-state index contributed by atoms with van der Waals surface area (Å²) in [5.74, 6) is 0. The number of benzene rings is 3. The van der Waals surface area contributed by atoms with Gasteiger partial charge in [0.05, 0.1) is 15.9 Å². The molecule has 0 fully saturated rings. The first kappa shape index (κ1) is 19.6. The Morgan fingerprint density at radius 2 is 1.55 bits per heavy atom. The predicted octanol–water partition coefficient (Wildman–Crippen LogP) is 6.16. The third-order valence-electron chi connectivity index (χ3n) is 5.15. The molecule has 5 rings (SSSR count). The molecule has 0 aliphatic carbocycles. The third kappa shape index (κ3) is 3.54. The molecule has 0 bridgehead atoms. The van der Waals surface area contributed by atoms with Gasteiger partial charge in [0.15, 0.2) is 4.34 Å². The van der Waals surface area contributed by atoms with Crippen molar-refractivity contribution in [1.82, 2.24) is 9.55 Å². The zero-order valence-corrected chi connectivity index (χ0v) is 18.4. The lowest BCUT2D eigenvalue weighted by molar-refractivity contribution is 0.906. The molecular formula is C25H19N3OS2. The zero-order valence-electron chi connectivity index (χ0n) is 16.8. The second-order valence-electron chi connectivity index (χ2n) is 7.09. The molecule has 0 spiro atoms. The van der Waals surface area contributed by atoms with Crippen molar-refractivity contribution in [3.63, 3.8) is 0 Å². The van der Waals surface area contributed by atoms with Crippen LogP contribution in [0.1, 0.15) is 5.69 Å². The summed E-state index contributed by atoms with van der Waals surface area (Å²) in [7, 11) is 0. The first-order valence-electron chi connectivity index (χ1n) is 9.83. The number of hydrogen-bond acceptors (Lipinski definition) is 5. The van der Waals surface area contributed by atoms with E-state index in [1.165, 1.54) is 11.8 Å². The van der Waals surface area contributed by atoms with Crippen LogP contribution in [0.2, 0.25) is 0 Å². The smallest absolute Gasteiger partial charge is 0.271 e. The van der Waals surface area contributed by atoms with Crippen LogP contribution in [0.15, 0.2) is 99.0 Å². The van der Waals surface area contributed by atoms with Crippen LogP contribution in [0.25, 0.3) is 27.0 Å². The van der Waals surface area contributed by atoms with Crippen LogP contribution in [-0.4, -0.2) is 9.55 Å². The molecule has 0 aliphatic rings. The lowest BCUT2D eigenvalue weighted by atomic mass is 10.0. The van der Waals surface area contributed by atoms with Gasteiger partial charge in [-0.15, -0.1) is 11.3 Å². The van der Waals surface area contributed by atoms with E-state index in [4.69, 9.17) is 10.7 Å². The molecular weight excluding hydrogens is 422 g/mol. The molecule has 2 heterocycles. The van der Waals surface area contributed by atoms with Gasteiger partial charge in [0.1, 0.15) is 4.90 Å². The summed E-state index contributed by atoms with van der Waals surface area (Å²) in [4.78, 5) is 18.8. The maximum atomic E-state index is 13.7. The van der Waals surface area contributed by atoms with Crippen LogP contribution in [0.4, 0.5) is 5.69 Å². The molecule has 0 atom stereocenters.